The van der Waals surface area contributed by atoms with E-state index in [0.717, 1.165) is 27.0 Å². The standard InChI is InChI=1S/C14H13BrClNO/c1-10-3-2-6-17-13(10)9-18-14-5-4-12(15)7-11(14)8-16/h2-7H,8-9H2,1H3. The van der Waals surface area contributed by atoms with Crippen molar-refractivity contribution in [3.8, 4) is 5.75 Å². The molecule has 2 aromatic rings. The van der Waals surface area contributed by atoms with Gasteiger partial charge in [0.15, 0.2) is 0 Å². The number of aromatic nitrogens is 1. The fourth-order valence-electron chi connectivity index (χ4n) is 1.61. The largest absolute Gasteiger partial charge is 0.487 e. The Labute approximate surface area is 120 Å². The molecule has 0 unspecified atom stereocenters. The number of ether oxygens (including phenoxy) is 1. The van der Waals surface area contributed by atoms with Gasteiger partial charge in [0.05, 0.1) is 11.6 Å². The lowest BCUT2D eigenvalue weighted by atomic mass is 10.2. The van der Waals surface area contributed by atoms with Crippen LogP contribution in [0.5, 0.6) is 5.75 Å². The van der Waals surface area contributed by atoms with Gasteiger partial charge < -0.3 is 4.74 Å². The van der Waals surface area contributed by atoms with E-state index in [1.807, 2.05) is 37.3 Å². The smallest absolute Gasteiger partial charge is 0.130 e. The highest BCUT2D eigenvalue weighted by Crippen LogP contribution is 2.25. The van der Waals surface area contributed by atoms with Gasteiger partial charge in [-0.15, -0.1) is 11.6 Å². The molecule has 0 bridgehead atoms. The molecule has 0 amide bonds. The number of alkyl halides is 1. The van der Waals surface area contributed by atoms with E-state index in [-0.39, 0.29) is 0 Å². The highest BCUT2D eigenvalue weighted by atomic mass is 79.9. The van der Waals surface area contributed by atoms with E-state index >= 15 is 0 Å². The summed E-state index contributed by atoms with van der Waals surface area (Å²) in [7, 11) is 0. The van der Waals surface area contributed by atoms with Crippen LogP contribution >= 0.6 is 27.5 Å². The second-order valence-electron chi connectivity index (χ2n) is 3.94. The van der Waals surface area contributed by atoms with Crippen molar-refractivity contribution in [3.05, 3.63) is 57.8 Å². The molecule has 94 valence electrons. The Bertz CT molecular complexity index is 545. The van der Waals surface area contributed by atoms with Crippen molar-refractivity contribution in [1.29, 1.82) is 0 Å². The molecule has 0 spiro atoms. The second-order valence-corrected chi connectivity index (χ2v) is 5.12. The maximum absolute atomic E-state index is 5.90. The van der Waals surface area contributed by atoms with Crippen LogP contribution in [-0.4, -0.2) is 4.98 Å². The quantitative estimate of drug-likeness (QED) is 0.773. The van der Waals surface area contributed by atoms with Gasteiger partial charge in [-0.25, -0.2) is 0 Å². The number of halogens is 2. The molecular formula is C14H13BrClNO. The molecule has 1 aromatic heterocycles. The third-order valence-corrected chi connectivity index (χ3v) is 3.43. The minimum atomic E-state index is 0.427. The number of benzene rings is 1. The molecular weight excluding hydrogens is 314 g/mol. The van der Waals surface area contributed by atoms with Crippen molar-refractivity contribution in [2.24, 2.45) is 0 Å². The first-order valence-electron chi connectivity index (χ1n) is 5.58. The Hall–Kier alpha value is -1.06. The first-order chi connectivity index (χ1) is 8.70. The van der Waals surface area contributed by atoms with Crippen LogP contribution in [0.1, 0.15) is 16.8 Å². The molecule has 0 N–H and O–H groups in total. The van der Waals surface area contributed by atoms with Crippen LogP contribution in [0.15, 0.2) is 41.0 Å². The van der Waals surface area contributed by atoms with E-state index in [9.17, 15) is 0 Å². The summed E-state index contributed by atoms with van der Waals surface area (Å²) in [6.45, 7) is 2.48. The fourth-order valence-corrected chi connectivity index (χ4v) is 2.23. The Balaban J connectivity index is 2.13. The van der Waals surface area contributed by atoms with Crippen LogP contribution in [0.25, 0.3) is 0 Å². The van der Waals surface area contributed by atoms with E-state index in [4.69, 9.17) is 16.3 Å². The summed E-state index contributed by atoms with van der Waals surface area (Å²) in [5.74, 6) is 1.23. The Kier molecular flexibility index (Phi) is 4.61. The Morgan fingerprint density at radius 3 is 2.89 bits per heavy atom. The highest BCUT2D eigenvalue weighted by Gasteiger charge is 2.05. The molecule has 1 heterocycles. The lowest BCUT2D eigenvalue weighted by Crippen LogP contribution is -2.02. The van der Waals surface area contributed by atoms with E-state index in [1.54, 1.807) is 6.20 Å². The molecule has 0 aliphatic carbocycles. The van der Waals surface area contributed by atoms with E-state index < -0.39 is 0 Å². The van der Waals surface area contributed by atoms with Crippen molar-refractivity contribution in [1.82, 2.24) is 4.98 Å². The van der Waals surface area contributed by atoms with Gasteiger partial charge in [-0.1, -0.05) is 22.0 Å². The van der Waals surface area contributed by atoms with Gasteiger partial charge in [-0.3, -0.25) is 4.98 Å². The molecule has 0 aliphatic heterocycles. The lowest BCUT2D eigenvalue weighted by molar-refractivity contribution is 0.298. The first-order valence-corrected chi connectivity index (χ1v) is 6.91. The monoisotopic (exact) mass is 325 g/mol. The van der Waals surface area contributed by atoms with Crippen LogP contribution < -0.4 is 4.74 Å². The Morgan fingerprint density at radius 1 is 1.33 bits per heavy atom. The van der Waals surface area contributed by atoms with E-state index in [0.29, 0.717) is 12.5 Å². The number of hydrogen-bond acceptors (Lipinski definition) is 2. The fraction of sp³-hybridized carbons (Fsp3) is 0.214. The Morgan fingerprint density at radius 2 is 2.17 bits per heavy atom. The average molecular weight is 327 g/mol. The van der Waals surface area contributed by atoms with Crippen molar-refractivity contribution in [3.63, 3.8) is 0 Å². The predicted molar refractivity (Wildman–Crippen MR) is 77.0 cm³/mol. The zero-order chi connectivity index (χ0) is 13.0. The SMILES string of the molecule is Cc1cccnc1COc1ccc(Br)cc1CCl. The predicted octanol–water partition coefficient (Wildman–Crippen LogP) is 4.47. The van der Waals surface area contributed by atoms with Crippen LogP contribution in [0, 0.1) is 6.92 Å². The van der Waals surface area contributed by atoms with Gasteiger partial charge in [0.1, 0.15) is 12.4 Å². The third-order valence-electron chi connectivity index (χ3n) is 2.65. The van der Waals surface area contributed by atoms with Crippen molar-refractivity contribution < 1.29 is 4.74 Å². The van der Waals surface area contributed by atoms with Gasteiger partial charge in [-0.05, 0) is 36.8 Å². The summed E-state index contributed by atoms with van der Waals surface area (Å²) in [5.41, 5.74) is 3.04. The lowest BCUT2D eigenvalue weighted by Gasteiger charge is -2.11. The van der Waals surface area contributed by atoms with E-state index in [1.165, 1.54) is 0 Å². The summed E-state index contributed by atoms with van der Waals surface area (Å²) in [5, 5.41) is 0. The number of nitrogens with zero attached hydrogens (tertiary/aromatic N) is 1. The zero-order valence-corrected chi connectivity index (χ0v) is 12.3. The third kappa shape index (κ3) is 3.24. The normalized spacial score (nSPS) is 10.4. The number of aryl methyl sites for hydroxylation is 1. The summed E-state index contributed by atoms with van der Waals surface area (Å²) in [6, 6.07) is 9.77. The summed E-state index contributed by atoms with van der Waals surface area (Å²) < 4.78 is 6.78. The maximum Gasteiger partial charge on any atom is 0.130 e. The zero-order valence-electron chi connectivity index (χ0n) is 9.99. The molecule has 0 saturated heterocycles. The summed E-state index contributed by atoms with van der Waals surface area (Å²) >= 11 is 9.32. The molecule has 0 saturated carbocycles. The molecule has 18 heavy (non-hydrogen) atoms. The van der Waals surface area contributed by atoms with Crippen LogP contribution in [0.4, 0.5) is 0 Å². The van der Waals surface area contributed by atoms with Crippen LogP contribution in [0.3, 0.4) is 0 Å². The number of pyridine rings is 1. The molecule has 0 aliphatic rings. The number of hydrogen-bond donors (Lipinski definition) is 0. The minimum Gasteiger partial charge on any atom is -0.487 e. The average Bonchev–Trinajstić information content (AvgIpc) is 2.39. The van der Waals surface area contributed by atoms with Crippen molar-refractivity contribution in [2.45, 2.75) is 19.4 Å². The van der Waals surface area contributed by atoms with E-state index in [2.05, 4.69) is 20.9 Å². The maximum atomic E-state index is 5.90. The summed E-state index contributed by atoms with van der Waals surface area (Å²) in [4.78, 5) is 4.30. The van der Waals surface area contributed by atoms with Crippen molar-refractivity contribution in [2.75, 3.05) is 0 Å². The molecule has 0 atom stereocenters. The second kappa shape index (κ2) is 6.21. The van der Waals surface area contributed by atoms with Gasteiger partial charge in [-0.2, -0.15) is 0 Å². The van der Waals surface area contributed by atoms with Crippen LogP contribution in [0.2, 0.25) is 0 Å². The highest BCUT2D eigenvalue weighted by molar-refractivity contribution is 9.10. The molecule has 2 nitrogen and oxygen atoms in total. The minimum absolute atomic E-state index is 0.427. The van der Waals surface area contributed by atoms with Gasteiger partial charge in [0.2, 0.25) is 0 Å². The van der Waals surface area contributed by atoms with Gasteiger partial charge in [0, 0.05) is 16.2 Å². The number of rotatable bonds is 4. The molecule has 0 fully saturated rings. The molecule has 2 rings (SSSR count). The van der Waals surface area contributed by atoms with Crippen molar-refractivity contribution >= 4 is 27.5 Å². The molecule has 4 heteroatoms. The first kappa shape index (κ1) is 13.4. The molecule has 1 aromatic carbocycles. The van der Waals surface area contributed by atoms with Gasteiger partial charge >= 0.3 is 0 Å². The summed E-state index contributed by atoms with van der Waals surface area (Å²) in [6.07, 6.45) is 1.77. The topological polar surface area (TPSA) is 22.1 Å². The van der Waals surface area contributed by atoms with Gasteiger partial charge in [0.25, 0.3) is 0 Å². The van der Waals surface area contributed by atoms with Crippen LogP contribution in [-0.2, 0) is 12.5 Å². The molecule has 0 radical (unpaired) electrons.